The molecule has 1 amide bonds. The smallest absolute Gasteiger partial charge is 0.279 e. The van der Waals surface area contributed by atoms with E-state index in [1.165, 1.54) is 6.07 Å². The first-order chi connectivity index (χ1) is 11.5. The van der Waals surface area contributed by atoms with Crippen molar-refractivity contribution in [3.05, 3.63) is 65.2 Å². The molecule has 3 N–H and O–H groups in total. The highest BCUT2D eigenvalue weighted by atomic mass is 19.2. The van der Waals surface area contributed by atoms with Crippen LogP contribution in [0.5, 0.6) is 0 Å². The van der Waals surface area contributed by atoms with Crippen molar-refractivity contribution in [3.8, 4) is 6.07 Å². The van der Waals surface area contributed by atoms with E-state index in [-0.39, 0.29) is 18.5 Å². The number of hydrogen-bond donors (Lipinski definition) is 2. The lowest BCUT2D eigenvalue weighted by Crippen LogP contribution is -2.86. The van der Waals surface area contributed by atoms with Gasteiger partial charge in [-0.05, 0) is 42.8 Å². The van der Waals surface area contributed by atoms with E-state index in [4.69, 9.17) is 5.26 Å². The number of rotatable bonds is 6. The van der Waals surface area contributed by atoms with Crippen molar-refractivity contribution < 1.29 is 18.9 Å². The zero-order valence-electron chi connectivity index (χ0n) is 13.2. The maximum atomic E-state index is 13.2. The molecule has 0 aromatic heterocycles. The Morgan fingerprint density at radius 3 is 2.54 bits per heavy atom. The Balaban J connectivity index is 1.86. The minimum atomic E-state index is -0.894. The molecule has 0 heterocycles. The van der Waals surface area contributed by atoms with Crippen LogP contribution in [0.15, 0.2) is 42.5 Å². The maximum absolute atomic E-state index is 13.2. The first kappa shape index (κ1) is 17.6. The Kier molecular flexibility index (Phi) is 5.99. The highest BCUT2D eigenvalue weighted by Gasteiger charge is 2.14. The molecule has 0 aliphatic carbocycles. The van der Waals surface area contributed by atoms with Gasteiger partial charge in [0.2, 0.25) is 0 Å². The van der Waals surface area contributed by atoms with Gasteiger partial charge in [0.05, 0.1) is 12.5 Å². The molecule has 2 rings (SSSR count). The van der Waals surface area contributed by atoms with Gasteiger partial charge in [-0.1, -0.05) is 12.1 Å². The van der Waals surface area contributed by atoms with Crippen molar-refractivity contribution in [3.63, 3.8) is 0 Å². The summed E-state index contributed by atoms with van der Waals surface area (Å²) < 4.78 is 26.2. The zero-order chi connectivity index (χ0) is 17.5. The van der Waals surface area contributed by atoms with Crippen LogP contribution in [-0.2, 0) is 11.2 Å². The fourth-order valence-corrected chi connectivity index (χ4v) is 2.22. The van der Waals surface area contributed by atoms with E-state index in [9.17, 15) is 13.6 Å². The Labute approximate surface area is 139 Å². The van der Waals surface area contributed by atoms with Crippen LogP contribution in [0.3, 0.4) is 0 Å². The van der Waals surface area contributed by atoms with Gasteiger partial charge in [-0.25, -0.2) is 8.78 Å². The predicted molar refractivity (Wildman–Crippen MR) is 86.0 cm³/mol. The van der Waals surface area contributed by atoms with Crippen LogP contribution in [0.2, 0.25) is 0 Å². The lowest BCUT2D eigenvalue weighted by Gasteiger charge is -2.11. The molecule has 24 heavy (non-hydrogen) atoms. The van der Waals surface area contributed by atoms with Crippen LogP contribution in [0.4, 0.5) is 14.5 Å². The molecule has 0 unspecified atom stereocenters. The monoisotopic (exact) mass is 330 g/mol. The Morgan fingerprint density at radius 1 is 1.21 bits per heavy atom. The number of hydrogen-bond acceptors (Lipinski definition) is 2. The normalized spacial score (nSPS) is 11.6. The van der Waals surface area contributed by atoms with Crippen LogP contribution in [-0.4, -0.2) is 12.5 Å². The van der Waals surface area contributed by atoms with Gasteiger partial charge in [0.15, 0.2) is 18.2 Å². The van der Waals surface area contributed by atoms with Gasteiger partial charge < -0.3 is 10.6 Å². The summed E-state index contributed by atoms with van der Waals surface area (Å²) in [7, 11) is 0. The molecular weight excluding hydrogens is 312 g/mol. The maximum Gasteiger partial charge on any atom is 0.279 e. The fourth-order valence-electron chi connectivity index (χ4n) is 2.22. The largest absolute Gasteiger partial charge is 0.333 e. The van der Waals surface area contributed by atoms with Gasteiger partial charge in [0.25, 0.3) is 5.91 Å². The molecule has 0 radical (unpaired) electrons. The minimum Gasteiger partial charge on any atom is -0.333 e. The van der Waals surface area contributed by atoms with E-state index < -0.39 is 11.6 Å². The second-order valence-corrected chi connectivity index (χ2v) is 5.48. The summed E-state index contributed by atoms with van der Waals surface area (Å²) in [5, 5.41) is 13.1. The molecule has 2 aromatic carbocycles. The van der Waals surface area contributed by atoms with Gasteiger partial charge in [-0.15, -0.1) is 0 Å². The first-order valence-corrected chi connectivity index (χ1v) is 7.53. The fraction of sp³-hybridized carbons (Fsp3) is 0.222. The highest BCUT2D eigenvalue weighted by molar-refractivity contribution is 5.91. The molecule has 124 valence electrons. The molecule has 0 spiro atoms. The quantitative estimate of drug-likeness (QED) is 0.853. The molecular formula is C18H18F2N3O+. The summed E-state index contributed by atoms with van der Waals surface area (Å²) in [5.74, 6) is -1.98. The number of quaternary nitrogens is 1. The van der Waals surface area contributed by atoms with E-state index in [0.717, 1.165) is 17.7 Å². The van der Waals surface area contributed by atoms with E-state index in [1.807, 2.05) is 6.92 Å². The number of nitrogens with zero attached hydrogens (tertiary/aromatic N) is 1. The molecule has 4 nitrogen and oxygen atoms in total. The van der Waals surface area contributed by atoms with E-state index in [2.05, 4.69) is 11.4 Å². The molecule has 2 aromatic rings. The van der Waals surface area contributed by atoms with E-state index in [0.29, 0.717) is 17.7 Å². The van der Waals surface area contributed by atoms with Crippen molar-refractivity contribution in [2.75, 3.05) is 11.9 Å². The Hall–Kier alpha value is -2.78. The van der Waals surface area contributed by atoms with Gasteiger partial charge in [0.1, 0.15) is 6.04 Å². The minimum absolute atomic E-state index is 0.153. The number of nitrogens with one attached hydrogen (secondary N) is 1. The SMILES string of the molecule is C[C@@H]([NH2+]CC(=O)Nc1ccc(CC#N)cc1)c1ccc(F)c(F)c1. The van der Waals surface area contributed by atoms with Gasteiger partial charge >= 0.3 is 0 Å². The third-order valence-corrected chi connectivity index (χ3v) is 3.65. The van der Waals surface area contributed by atoms with Crippen LogP contribution in [0, 0.1) is 23.0 Å². The average molecular weight is 330 g/mol. The van der Waals surface area contributed by atoms with Crippen molar-refractivity contribution in [2.24, 2.45) is 0 Å². The topological polar surface area (TPSA) is 69.5 Å². The molecule has 0 aliphatic heterocycles. The number of carbonyl (C=O) groups is 1. The first-order valence-electron chi connectivity index (χ1n) is 7.53. The van der Waals surface area contributed by atoms with Crippen LogP contribution >= 0.6 is 0 Å². The summed E-state index contributed by atoms with van der Waals surface area (Å²) in [6.45, 7) is 1.97. The van der Waals surface area contributed by atoms with E-state index >= 15 is 0 Å². The van der Waals surface area contributed by atoms with Crippen molar-refractivity contribution in [1.82, 2.24) is 0 Å². The lowest BCUT2D eigenvalue weighted by molar-refractivity contribution is -0.682. The van der Waals surface area contributed by atoms with E-state index in [1.54, 1.807) is 29.6 Å². The summed E-state index contributed by atoms with van der Waals surface area (Å²) in [5.41, 5.74) is 2.15. The number of carbonyl (C=O) groups excluding carboxylic acids is 1. The van der Waals surface area contributed by atoms with Crippen molar-refractivity contribution in [2.45, 2.75) is 19.4 Å². The number of halogens is 2. The number of benzene rings is 2. The third-order valence-electron chi connectivity index (χ3n) is 3.65. The number of nitrogens with two attached hydrogens (primary N) is 1. The molecule has 0 saturated heterocycles. The van der Waals surface area contributed by atoms with Gasteiger partial charge in [-0.2, -0.15) is 5.26 Å². The molecule has 0 saturated carbocycles. The van der Waals surface area contributed by atoms with Gasteiger partial charge in [-0.3, -0.25) is 4.79 Å². The number of anilines is 1. The summed E-state index contributed by atoms with van der Waals surface area (Å²) in [4.78, 5) is 12.0. The second-order valence-electron chi connectivity index (χ2n) is 5.48. The summed E-state index contributed by atoms with van der Waals surface area (Å²) in [6, 6.07) is 12.7. The second kappa shape index (κ2) is 8.18. The van der Waals surface area contributed by atoms with Crippen molar-refractivity contribution >= 4 is 11.6 Å². The van der Waals surface area contributed by atoms with Crippen LogP contribution in [0.25, 0.3) is 0 Å². The molecule has 0 aliphatic rings. The molecule has 1 atom stereocenters. The predicted octanol–water partition coefficient (Wildman–Crippen LogP) is 2.29. The van der Waals surface area contributed by atoms with Gasteiger partial charge in [0, 0.05) is 11.3 Å². The summed E-state index contributed by atoms with van der Waals surface area (Å²) >= 11 is 0. The zero-order valence-corrected chi connectivity index (χ0v) is 13.2. The Morgan fingerprint density at radius 2 is 1.92 bits per heavy atom. The highest BCUT2D eigenvalue weighted by Crippen LogP contribution is 2.13. The molecule has 6 heteroatoms. The van der Waals surface area contributed by atoms with Crippen LogP contribution < -0.4 is 10.6 Å². The molecule has 0 bridgehead atoms. The number of nitriles is 1. The standard InChI is InChI=1S/C18H17F2N3O/c1-12(14-4-7-16(19)17(20)10-14)22-11-18(24)23-15-5-2-13(3-6-15)8-9-21/h2-7,10,12,22H,8,11H2,1H3,(H,23,24)/p+1/t12-/m1/s1. The van der Waals surface area contributed by atoms with Crippen molar-refractivity contribution in [1.29, 1.82) is 5.26 Å². The number of amides is 1. The molecule has 0 fully saturated rings. The third kappa shape index (κ3) is 4.86. The summed E-state index contributed by atoms with van der Waals surface area (Å²) in [6.07, 6.45) is 0.327. The lowest BCUT2D eigenvalue weighted by atomic mass is 10.1. The average Bonchev–Trinajstić information content (AvgIpc) is 2.57. The van der Waals surface area contributed by atoms with Crippen LogP contribution in [0.1, 0.15) is 24.1 Å². The Bertz CT molecular complexity index is 754.